The molecule has 2 heterocycles. The molecule has 19 heavy (non-hydrogen) atoms. The van der Waals surface area contributed by atoms with Crippen LogP contribution >= 0.6 is 0 Å². The van der Waals surface area contributed by atoms with Gasteiger partial charge in [-0.25, -0.2) is 0 Å². The lowest BCUT2D eigenvalue weighted by Gasteiger charge is -2.22. The second-order valence-corrected chi connectivity index (χ2v) is 6.54. The summed E-state index contributed by atoms with van der Waals surface area (Å²) in [6.45, 7) is 4.54. The van der Waals surface area contributed by atoms with Gasteiger partial charge in [0.15, 0.2) is 0 Å². The van der Waals surface area contributed by atoms with Crippen LogP contribution in [0.1, 0.15) is 57.2 Å². The van der Waals surface area contributed by atoms with E-state index in [2.05, 4.69) is 21.8 Å². The average molecular weight is 263 g/mol. The zero-order valence-electron chi connectivity index (χ0n) is 11.9. The Kier molecular flexibility index (Phi) is 3.63. The van der Waals surface area contributed by atoms with Gasteiger partial charge in [-0.15, -0.1) is 0 Å². The highest BCUT2D eigenvalue weighted by molar-refractivity contribution is 5.01. The lowest BCUT2D eigenvalue weighted by atomic mass is 9.96. The standard InChI is InChI=1S/C15H25N3O/c1-15(19)8-10-17(12-15)11-13-7-9-18(16-13)14-5-3-2-4-6-14/h7,9,14,19H,2-6,8,10-12H2,1H3. The molecule has 4 heteroatoms. The van der Waals surface area contributed by atoms with Crippen LogP contribution in [0.3, 0.4) is 0 Å². The van der Waals surface area contributed by atoms with Gasteiger partial charge >= 0.3 is 0 Å². The third kappa shape index (κ3) is 3.18. The minimum Gasteiger partial charge on any atom is -0.389 e. The molecular formula is C15H25N3O. The molecule has 1 atom stereocenters. The fourth-order valence-electron chi connectivity index (χ4n) is 3.41. The van der Waals surface area contributed by atoms with Crippen LogP contribution in [0.2, 0.25) is 0 Å². The first-order valence-electron chi connectivity index (χ1n) is 7.61. The van der Waals surface area contributed by atoms with Crippen molar-refractivity contribution in [3.05, 3.63) is 18.0 Å². The van der Waals surface area contributed by atoms with E-state index in [4.69, 9.17) is 5.10 Å². The van der Waals surface area contributed by atoms with E-state index in [0.717, 1.165) is 31.7 Å². The Hall–Kier alpha value is -0.870. The van der Waals surface area contributed by atoms with Gasteiger partial charge in [0, 0.05) is 25.8 Å². The number of β-amino-alcohol motifs (C(OH)–C–C–N with tert-alkyl or cyclic N) is 1. The zero-order valence-corrected chi connectivity index (χ0v) is 11.9. The quantitative estimate of drug-likeness (QED) is 0.910. The lowest BCUT2D eigenvalue weighted by Crippen LogP contribution is -2.29. The van der Waals surface area contributed by atoms with Crippen LogP contribution in [0.4, 0.5) is 0 Å². The second-order valence-electron chi connectivity index (χ2n) is 6.54. The fraction of sp³-hybridized carbons (Fsp3) is 0.800. The van der Waals surface area contributed by atoms with E-state index in [0.29, 0.717) is 6.04 Å². The summed E-state index contributed by atoms with van der Waals surface area (Å²) in [7, 11) is 0. The van der Waals surface area contributed by atoms with E-state index in [1.54, 1.807) is 0 Å². The summed E-state index contributed by atoms with van der Waals surface area (Å²) in [6.07, 6.45) is 9.63. The number of rotatable bonds is 3. The molecule has 4 nitrogen and oxygen atoms in total. The molecular weight excluding hydrogens is 238 g/mol. The molecule has 1 saturated carbocycles. The molecule has 0 bridgehead atoms. The molecule has 0 aromatic carbocycles. The molecule has 1 aliphatic carbocycles. The van der Waals surface area contributed by atoms with Gasteiger partial charge in [-0.05, 0) is 32.3 Å². The minimum atomic E-state index is -0.508. The summed E-state index contributed by atoms with van der Waals surface area (Å²) >= 11 is 0. The maximum absolute atomic E-state index is 9.98. The molecule has 106 valence electrons. The first-order valence-corrected chi connectivity index (χ1v) is 7.61. The maximum Gasteiger partial charge on any atom is 0.0764 e. The molecule has 2 fully saturated rings. The molecule has 1 saturated heterocycles. The predicted octanol–water partition coefficient (Wildman–Crippen LogP) is 2.35. The summed E-state index contributed by atoms with van der Waals surface area (Å²) < 4.78 is 2.17. The molecule has 1 unspecified atom stereocenters. The van der Waals surface area contributed by atoms with Gasteiger partial charge in [-0.3, -0.25) is 9.58 Å². The molecule has 1 aliphatic heterocycles. The van der Waals surface area contributed by atoms with Crippen LogP contribution in [0, 0.1) is 0 Å². The fourth-order valence-corrected chi connectivity index (χ4v) is 3.41. The van der Waals surface area contributed by atoms with Crippen molar-refractivity contribution in [1.82, 2.24) is 14.7 Å². The summed E-state index contributed by atoms with van der Waals surface area (Å²) in [5, 5.41) is 14.7. The first-order chi connectivity index (χ1) is 9.12. The van der Waals surface area contributed by atoms with Gasteiger partial charge < -0.3 is 5.11 Å². The van der Waals surface area contributed by atoms with Crippen molar-refractivity contribution in [1.29, 1.82) is 0 Å². The minimum absolute atomic E-state index is 0.508. The predicted molar refractivity (Wildman–Crippen MR) is 74.9 cm³/mol. The molecule has 0 radical (unpaired) electrons. The third-order valence-electron chi connectivity index (χ3n) is 4.53. The topological polar surface area (TPSA) is 41.3 Å². The van der Waals surface area contributed by atoms with Gasteiger partial charge in [0.2, 0.25) is 0 Å². The van der Waals surface area contributed by atoms with Crippen LogP contribution in [0.25, 0.3) is 0 Å². The van der Waals surface area contributed by atoms with Crippen molar-refractivity contribution in [2.45, 2.75) is 63.6 Å². The van der Waals surface area contributed by atoms with Gasteiger partial charge in [0.1, 0.15) is 0 Å². The van der Waals surface area contributed by atoms with Crippen molar-refractivity contribution < 1.29 is 5.11 Å². The largest absolute Gasteiger partial charge is 0.389 e. The maximum atomic E-state index is 9.98. The number of likely N-dealkylation sites (tertiary alicyclic amines) is 1. The molecule has 3 rings (SSSR count). The normalized spacial score (nSPS) is 30.0. The summed E-state index contributed by atoms with van der Waals surface area (Å²) in [4.78, 5) is 2.30. The van der Waals surface area contributed by atoms with Gasteiger partial charge in [0.25, 0.3) is 0 Å². The molecule has 0 spiro atoms. The second kappa shape index (κ2) is 5.25. The highest BCUT2D eigenvalue weighted by Crippen LogP contribution is 2.28. The van der Waals surface area contributed by atoms with Gasteiger partial charge in [-0.1, -0.05) is 19.3 Å². The van der Waals surface area contributed by atoms with Gasteiger partial charge in [0.05, 0.1) is 17.3 Å². The van der Waals surface area contributed by atoms with E-state index < -0.39 is 5.60 Å². The van der Waals surface area contributed by atoms with Crippen molar-refractivity contribution in [3.63, 3.8) is 0 Å². The number of aliphatic hydroxyl groups is 1. The SMILES string of the molecule is CC1(O)CCN(Cc2ccn(C3CCCCC3)n2)C1. The van der Waals surface area contributed by atoms with Crippen LogP contribution in [0.5, 0.6) is 0 Å². The van der Waals surface area contributed by atoms with Crippen LogP contribution < -0.4 is 0 Å². The Morgan fingerprint density at radius 1 is 1.37 bits per heavy atom. The van der Waals surface area contributed by atoms with Crippen molar-refractivity contribution in [3.8, 4) is 0 Å². The molecule has 2 aliphatic rings. The zero-order chi connectivity index (χ0) is 13.3. The van der Waals surface area contributed by atoms with Gasteiger partial charge in [-0.2, -0.15) is 5.10 Å². The monoisotopic (exact) mass is 263 g/mol. The molecule has 1 aromatic rings. The summed E-state index contributed by atoms with van der Waals surface area (Å²) in [5.74, 6) is 0. The number of hydrogen-bond donors (Lipinski definition) is 1. The van der Waals surface area contributed by atoms with Crippen LogP contribution in [0.15, 0.2) is 12.3 Å². The van der Waals surface area contributed by atoms with Crippen LogP contribution in [-0.4, -0.2) is 38.5 Å². The molecule has 0 amide bonds. The van der Waals surface area contributed by atoms with Crippen molar-refractivity contribution in [2.24, 2.45) is 0 Å². The Morgan fingerprint density at radius 3 is 2.84 bits per heavy atom. The highest BCUT2D eigenvalue weighted by atomic mass is 16.3. The number of aromatic nitrogens is 2. The number of nitrogens with zero attached hydrogens (tertiary/aromatic N) is 3. The average Bonchev–Trinajstić information content (AvgIpc) is 2.98. The van der Waals surface area contributed by atoms with E-state index in [1.165, 1.54) is 32.1 Å². The van der Waals surface area contributed by atoms with E-state index in [-0.39, 0.29) is 0 Å². The Bertz CT molecular complexity index is 421. The number of hydrogen-bond acceptors (Lipinski definition) is 3. The lowest BCUT2D eigenvalue weighted by molar-refractivity contribution is 0.0677. The van der Waals surface area contributed by atoms with E-state index >= 15 is 0 Å². The Balaban J connectivity index is 1.59. The smallest absolute Gasteiger partial charge is 0.0764 e. The molecule has 1 N–H and O–H groups in total. The third-order valence-corrected chi connectivity index (χ3v) is 4.53. The first kappa shape index (κ1) is 13.1. The molecule has 1 aromatic heterocycles. The highest BCUT2D eigenvalue weighted by Gasteiger charge is 2.31. The van der Waals surface area contributed by atoms with E-state index in [9.17, 15) is 5.11 Å². The van der Waals surface area contributed by atoms with E-state index in [1.807, 2.05) is 6.92 Å². The summed E-state index contributed by atoms with van der Waals surface area (Å²) in [6, 6.07) is 2.76. The Labute approximate surface area is 115 Å². The Morgan fingerprint density at radius 2 is 2.16 bits per heavy atom. The summed E-state index contributed by atoms with van der Waals surface area (Å²) in [5.41, 5.74) is 0.634. The van der Waals surface area contributed by atoms with Crippen molar-refractivity contribution in [2.75, 3.05) is 13.1 Å². The van der Waals surface area contributed by atoms with Crippen molar-refractivity contribution >= 4 is 0 Å². The van der Waals surface area contributed by atoms with Crippen LogP contribution in [-0.2, 0) is 6.54 Å².